The van der Waals surface area contributed by atoms with E-state index in [-0.39, 0.29) is 5.97 Å². The van der Waals surface area contributed by atoms with Gasteiger partial charge >= 0.3 is 5.97 Å². The van der Waals surface area contributed by atoms with Crippen LogP contribution in [0, 0.1) is 0 Å². The Labute approximate surface area is 128 Å². The SMILES string of the molecule is CCOC(=O)CCCNCc1ccc(N(CC)CC)cc1. The van der Waals surface area contributed by atoms with Crippen LogP contribution in [0.15, 0.2) is 24.3 Å². The first kappa shape index (κ1) is 17.5. The number of nitrogens with zero attached hydrogens (tertiary/aromatic N) is 1. The van der Waals surface area contributed by atoms with Crippen LogP contribution in [0.25, 0.3) is 0 Å². The predicted molar refractivity (Wildman–Crippen MR) is 87.6 cm³/mol. The third-order valence-electron chi connectivity index (χ3n) is 3.43. The maximum absolute atomic E-state index is 11.2. The Morgan fingerprint density at radius 2 is 1.81 bits per heavy atom. The van der Waals surface area contributed by atoms with E-state index in [1.807, 2.05) is 6.92 Å². The van der Waals surface area contributed by atoms with Gasteiger partial charge in [-0.25, -0.2) is 0 Å². The summed E-state index contributed by atoms with van der Waals surface area (Å²) in [5, 5.41) is 3.35. The molecular formula is C17H28N2O2. The molecule has 1 aromatic rings. The first-order valence-corrected chi connectivity index (χ1v) is 7.91. The highest BCUT2D eigenvalue weighted by molar-refractivity contribution is 5.69. The van der Waals surface area contributed by atoms with E-state index in [9.17, 15) is 4.79 Å². The summed E-state index contributed by atoms with van der Waals surface area (Å²) in [5.74, 6) is -0.108. The molecule has 0 spiro atoms. The average Bonchev–Trinajstić information content (AvgIpc) is 2.50. The number of hydrogen-bond acceptors (Lipinski definition) is 4. The molecule has 1 rings (SSSR count). The topological polar surface area (TPSA) is 41.6 Å². The zero-order valence-corrected chi connectivity index (χ0v) is 13.5. The second-order valence-corrected chi connectivity index (χ2v) is 4.92. The van der Waals surface area contributed by atoms with Gasteiger partial charge in [-0.15, -0.1) is 0 Å². The van der Waals surface area contributed by atoms with Gasteiger partial charge in [0.05, 0.1) is 6.61 Å². The van der Waals surface area contributed by atoms with Gasteiger partial charge in [0.15, 0.2) is 0 Å². The van der Waals surface area contributed by atoms with Crippen molar-refractivity contribution in [3.05, 3.63) is 29.8 Å². The van der Waals surface area contributed by atoms with E-state index in [2.05, 4.69) is 48.3 Å². The molecule has 1 N–H and O–H groups in total. The fraction of sp³-hybridized carbons (Fsp3) is 0.588. The molecule has 4 heteroatoms. The smallest absolute Gasteiger partial charge is 0.305 e. The number of hydrogen-bond donors (Lipinski definition) is 1. The van der Waals surface area contributed by atoms with Crippen LogP contribution in [0.3, 0.4) is 0 Å². The number of carbonyl (C=O) groups excluding carboxylic acids is 1. The lowest BCUT2D eigenvalue weighted by Crippen LogP contribution is -2.21. The van der Waals surface area contributed by atoms with Crippen molar-refractivity contribution in [2.24, 2.45) is 0 Å². The van der Waals surface area contributed by atoms with E-state index in [1.165, 1.54) is 11.3 Å². The van der Waals surface area contributed by atoms with Crippen molar-refractivity contribution in [3.8, 4) is 0 Å². The Morgan fingerprint density at radius 3 is 2.38 bits per heavy atom. The minimum Gasteiger partial charge on any atom is -0.466 e. The predicted octanol–water partition coefficient (Wildman–Crippen LogP) is 2.97. The van der Waals surface area contributed by atoms with Crippen molar-refractivity contribution in [2.45, 2.75) is 40.2 Å². The highest BCUT2D eigenvalue weighted by Gasteiger charge is 2.02. The molecule has 0 fully saturated rings. The molecule has 0 amide bonds. The van der Waals surface area contributed by atoms with E-state index < -0.39 is 0 Å². The maximum atomic E-state index is 11.2. The second kappa shape index (κ2) is 10.2. The van der Waals surface area contributed by atoms with Crippen LogP contribution in [0.4, 0.5) is 5.69 Å². The van der Waals surface area contributed by atoms with Crippen molar-refractivity contribution >= 4 is 11.7 Å². The molecule has 0 atom stereocenters. The van der Waals surface area contributed by atoms with Crippen LogP contribution in [0.5, 0.6) is 0 Å². The van der Waals surface area contributed by atoms with Crippen molar-refractivity contribution in [2.75, 3.05) is 31.1 Å². The lowest BCUT2D eigenvalue weighted by molar-refractivity contribution is -0.143. The van der Waals surface area contributed by atoms with Gasteiger partial charge in [0.1, 0.15) is 0 Å². The Bertz CT molecular complexity index is 400. The van der Waals surface area contributed by atoms with Gasteiger partial charge in [0.25, 0.3) is 0 Å². The standard InChI is InChI=1S/C17H28N2O2/c1-4-19(5-2)16-11-9-15(10-12-16)14-18-13-7-8-17(20)21-6-3/h9-12,18H,4-8,13-14H2,1-3H3. The Hall–Kier alpha value is -1.55. The van der Waals surface area contributed by atoms with Crippen molar-refractivity contribution in [3.63, 3.8) is 0 Å². The van der Waals surface area contributed by atoms with Gasteiger partial charge in [-0.05, 0) is 51.4 Å². The molecule has 0 aromatic heterocycles. The molecule has 21 heavy (non-hydrogen) atoms. The first-order chi connectivity index (χ1) is 10.2. The van der Waals surface area contributed by atoms with Crippen LogP contribution < -0.4 is 10.2 Å². The molecule has 4 nitrogen and oxygen atoms in total. The fourth-order valence-corrected chi connectivity index (χ4v) is 2.24. The monoisotopic (exact) mass is 292 g/mol. The van der Waals surface area contributed by atoms with Gasteiger partial charge in [-0.1, -0.05) is 12.1 Å². The Morgan fingerprint density at radius 1 is 1.14 bits per heavy atom. The highest BCUT2D eigenvalue weighted by Crippen LogP contribution is 2.14. The van der Waals surface area contributed by atoms with Crippen LogP contribution in [-0.4, -0.2) is 32.2 Å². The Balaban J connectivity index is 2.25. The summed E-state index contributed by atoms with van der Waals surface area (Å²) in [7, 11) is 0. The molecule has 0 aliphatic carbocycles. The zero-order chi connectivity index (χ0) is 15.5. The van der Waals surface area contributed by atoms with Gasteiger partial charge in [-0.3, -0.25) is 4.79 Å². The number of rotatable bonds is 10. The summed E-state index contributed by atoms with van der Waals surface area (Å²) in [6.07, 6.45) is 1.30. The molecule has 0 aliphatic heterocycles. The lowest BCUT2D eigenvalue weighted by atomic mass is 10.2. The van der Waals surface area contributed by atoms with Gasteiger partial charge in [-0.2, -0.15) is 0 Å². The number of esters is 1. The summed E-state index contributed by atoms with van der Waals surface area (Å²) in [5.41, 5.74) is 2.54. The molecule has 0 aliphatic rings. The molecule has 0 unspecified atom stereocenters. The molecule has 0 bridgehead atoms. The van der Waals surface area contributed by atoms with Gasteiger partial charge in [0, 0.05) is 31.7 Å². The van der Waals surface area contributed by atoms with E-state index in [0.29, 0.717) is 13.0 Å². The Kier molecular flexibility index (Phi) is 8.51. The largest absolute Gasteiger partial charge is 0.466 e. The van der Waals surface area contributed by atoms with Gasteiger partial charge in [0.2, 0.25) is 0 Å². The summed E-state index contributed by atoms with van der Waals surface area (Å²) < 4.78 is 4.89. The molecule has 118 valence electrons. The zero-order valence-electron chi connectivity index (χ0n) is 13.5. The molecule has 0 radical (unpaired) electrons. The van der Waals surface area contributed by atoms with E-state index >= 15 is 0 Å². The fourth-order valence-electron chi connectivity index (χ4n) is 2.24. The number of ether oxygens (including phenoxy) is 1. The van der Waals surface area contributed by atoms with Crippen LogP contribution in [0.1, 0.15) is 39.2 Å². The van der Waals surface area contributed by atoms with Gasteiger partial charge < -0.3 is 15.0 Å². The number of nitrogens with one attached hydrogen (secondary N) is 1. The van der Waals surface area contributed by atoms with E-state index in [4.69, 9.17) is 4.74 Å². The molecule has 1 aromatic carbocycles. The summed E-state index contributed by atoms with van der Waals surface area (Å²) in [4.78, 5) is 13.5. The number of carbonyl (C=O) groups is 1. The normalized spacial score (nSPS) is 10.4. The summed E-state index contributed by atoms with van der Waals surface area (Å²) in [6.45, 7) is 10.4. The van der Waals surface area contributed by atoms with Crippen LogP contribution >= 0.6 is 0 Å². The summed E-state index contributed by atoms with van der Waals surface area (Å²) >= 11 is 0. The van der Waals surface area contributed by atoms with Crippen LogP contribution in [0.2, 0.25) is 0 Å². The van der Waals surface area contributed by atoms with E-state index in [1.54, 1.807) is 0 Å². The minimum atomic E-state index is -0.108. The third kappa shape index (κ3) is 6.63. The van der Waals surface area contributed by atoms with E-state index in [0.717, 1.165) is 32.6 Å². The third-order valence-corrected chi connectivity index (χ3v) is 3.43. The van der Waals surface area contributed by atoms with Crippen molar-refractivity contribution < 1.29 is 9.53 Å². The summed E-state index contributed by atoms with van der Waals surface area (Å²) in [6, 6.07) is 8.66. The maximum Gasteiger partial charge on any atom is 0.305 e. The molecule has 0 saturated heterocycles. The highest BCUT2D eigenvalue weighted by atomic mass is 16.5. The molecule has 0 saturated carbocycles. The quantitative estimate of drug-likeness (QED) is 0.532. The first-order valence-electron chi connectivity index (χ1n) is 7.91. The lowest BCUT2D eigenvalue weighted by Gasteiger charge is -2.21. The number of anilines is 1. The molecular weight excluding hydrogens is 264 g/mol. The average molecular weight is 292 g/mol. The van der Waals surface area contributed by atoms with Crippen LogP contribution in [-0.2, 0) is 16.1 Å². The minimum absolute atomic E-state index is 0.108. The van der Waals surface area contributed by atoms with Crippen molar-refractivity contribution in [1.82, 2.24) is 5.32 Å². The molecule has 0 heterocycles. The number of benzene rings is 1. The second-order valence-electron chi connectivity index (χ2n) is 4.92. The van der Waals surface area contributed by atoms with Crippen molar-refractivity contribution in [1.29, 1.82) is 0 Å².